The van der Waals surface area contributed by atoms with Gasteiger partial charge in [-0.25, -0.2) is 4.99 Å². The molecule has 0 N–H and O–H groups in total. The SMILES string of the molecule is CC(=O)OCC1OC(O/C(=N/c2ccccc2)C(F)(F)F)C(C)[C@@H](C)[C@@H]1C. The summed E-state index contributed by atoms with van der Waals surface area (Å²) in [7, 11) is 0. The number of rotatable bonds is 4. The lowest BCUT2D eigenvalue weighted by molar-refractivity contribution is -0.236. The fourth-order valence-electron chi connectivity index (χ4n) is 2.90. The normalized spacial score (nSPS) is 29.3. The van der Waals surface area contributed by atoms with Gasteiger partial charge >= 0.3 is 12.1 Å². The molecular formula is C19H24F3NO4. The number of para-hydroxylation sites is 1. The van der Waals surface area contributed by atoms with Crippen LogP contribution in [0.15, 0.2) is 35.3 Å². The average Bonchev–Trinajstić information content (AvgIpc) is 2.60. The Morgan fingerprint density at radius 1 is 1.11 bits per heavy atom. The summed E-state index contributed by atoms with van der Waals surface area (Å²) in [4.78, 5) is 14.7. The number of hydrogen-bond donors (Lipinski definition) is 0. The first-order valence-corrected chi connectivity index (χ1v) is 8.76. The molecule has 1 aromatic rings. The summed E-state index contributed by atoms with van der Waals surface area (Å²) >= 11 is 0. The van der Waals surface area contributed by atoms with E-state index in [0.29, 0.717) is 0 Å². The van der Waals surface area contributed by atoms with Crippen LogP contribution in [-0.4, -0.2) is 37.0 Å². The maximum atomic E-state index is 13.4. The number of alkyl halides is 3. The third-order valence-corrected chi connectivity index (χ3v) is 4.89. The molecule has 0 bridgehead atoms. The highest BCUT2D eigenvalue weighted by Gasteiger charge is 2.45. The average molecular weight is 387 g/mol. The van der Waals surface area contributed by atoms with E-state index in [-0.39, 0.29) is 30.0 Å². The van der Waals surface area contributed by atoms with Gasteiger partial charge in [-0.15, -0.1) is 0 Å². The van der Waals surface area contributed by atoms with E-state index in [1.807, 2.05) is 13.8 Å². The molecule has 1 aliphatic rings. The van der Waals surface area contributed by atoms with Gasteiger partial charge in [0.1, 0.15) is 6.61 Å². The van der Waals surface area contributed by atoms with Crippen LogP contribution in [0.25, 0.3) is 0 Å². The number of nitrogens with zero attached hydrogens (tertiary/aromatic N) is 1. The highest BCUT2D eigenvalue weighted by atomic mass is 19.4. The zero-order valence-electron chi connectivity index (χ0n) is 15.7. The summed E-state index contributed by atoms with van der Waals surface area (Å²) in [5.41, 5.74) is 0.131. The van der Waals surface area contributed by atoms with Gasteiger partial charge in [0, 0.05) is 12.8 Å². The number of benzene rings is 1. The Morgan fingerprint density at radius 2 is 1.74 bits per heavy atom. The largest absolute Gasteiger partial charge is 0.468 e. The maximum absolute atomic E-state index is 13.4. The lowest BCUT2D eigenvalue weighted by Gasteiger charge is -2.43. The first kappa shape index (κ1) is 21.2. The first-order chi connectivity index (χ1) is 12.6. The topological polar surface area (TPSA) is 57.1 Å². The molecular weight excluding hydrogens is 363 g/mol. The van der Waals surface area contributed by atoms with Gasteiger partial charge in [0.15, 0.2) is 0 Å². The Bertz CT molecular complexity index is 663. The van der Waals surface area contributed by atoms with E-state index >= 15 is 0 Å². The molecule has 0 radical (unpaired) electrons. The van der Waals surface area contributed by atoms with Crippen molar-refractivity contribution in [2.45, 2.75) is 46.3 Å². The van der Waals surface area contributed by atoms with Crippen LogP contribution in [0.5, 0.6) is 0 Å². The molecule has 1 aliphatic heterocycles. The monoisotopic (exact) mass is 387 g/mol. The fraction of sp³-hybridized carbons (Fsp3) is 0.579. The summed E-state index contributed by atoms with van der Waals surface area (Å²) in [6.45, 7) is 6.82. The van der Waals surface area contributed by atoms with Crippen molar-refractivity contribution in [1.82, 2.24) is 0 Å². The van der Waals surface area contributed by atoms with Crippen molar-refractivity contribution in [1.29, 1.82) is 0 Å². The quantitative estimate of drug-likeness (QED) is 0.434. The summed E-state index contributed by atoms with van der Waals surface area (Å²) in [5, 5.41) is 0. The molecule has 1 aromatic carbocycles. The standard InChI is InChI=1S/C19H24F3NO4/c1-11-12(2)16(10-25-14(4)24)26-17(13(11)3)27-18(19(20,21)22)23-15-8-6-5-7-9-15/h5-9,11-13,16-17H,10H2,1-4H3/b23-18+/t11-,12-,13?,16?,17?/m0/s1. The van der Waals surface area contributed by atoms with E-state index in [1.165, 1.54) is 19.1 Å². The molecule has 5 atom stereocenters. The van der Waals surface area contributed by atoms with E-state index < -0.39 is 30.4 Å². The summed E-state index contributed by atoms with van der Waals surface area (Å²) in [6, 6.07) is 7.77. The molecule has 27 heavy (non-hydrogen) atoms. The fourth-order valence-corrected chi connectivity index (χ4v) is 2.90. The first-order valence-electron chi connectivity index (χ1n) is 8.76. The molecule has 1 fully saturated rings. The van der Waals surface area contributed by atoms with Crippen molar-refractivity contribution in [2.75, 3.05) is 6.61 Å². The van der Waals surface area contributed by atoms with Gasteiger partial charge < -0.3 is 14.2 Å². The molecule has 0 saturated carbocycles. The van der Waals surface area contributed by atoms with Crippen LogP contribution in [0.4, 0.5) is 18.9 Å². The van der Waals surface area contributed by atoms with Gasteiger partial charge in [0.2, 0.25) is 6.29 Å². The minimum atomic E-state index is -4.77. The second kappa shape index (κ2) is 8.73. The van der Waals surface area contributed by atoms with E-state index in [4.69, 9.17) is 14.2 Å². The molecule has 0 aliphatic carbocycles. The number of carbonyl (C=O) groups excluding carboxylic acids is 1. The number of ether oxygens (including phenoxy) is 3. The Morgan fingerprint density at radius 3 is 2.30 bits per heavy atom. The molecule has 0 aromatic heterocycles. The Hall–Kier alpha value is -2.09. The number of halogens is 3. The molecule has 1 heterocycles. The van der Waals surface area contributed by atoms with Gasteiger partial charge in [0.25, 0.3) is 5.90 Å². The molecule has 0 amide bonds. The van der Waals surface area contributed by atoms with E-state index in [0.717, 1.165) is 0 Å². The molecule has 3 unspecified atom stereocenters. The zero-order chi connectivity index (χ0) is 20.2. The van der Waals surface area contributed by atoms with Gasteiger partial charge in [-0.2, -0.15) is 13.2 Å². The minimum Gasteiger partial charge on any atom is -0.463 e. The molecule has 8 heteroatoms. The second-order valence-electron chi connectivity index (χ2n) is 6.79. The zero-order valence-corrected chi connectivity index (χ0v) is 15.7. The molecule has 5 nitrogen and oxygen atoms in total. The van der Waals surface area contributed by atoms with E-state index in [2.05, 4.69) is 4.99 Å². The lowest BCUT2D eigenvalue weighted by Crippen LogP contribution is -2.49. The number of aliphatic imine (C=N–C) groups is 1. The Labute approximate surface area is 156 Å². The summed E-state index contributed by atoms with van der Waals surface area (Å²) in [6.07, 6.45) is -6.48. The summed E-state index contributed by atoms with van der Waals surface area (Å²) < 4.78 is 56.2. The highest BCUT2D eigenvalue weighted by molar-refractivity contribution is 5.84. The lowest BCUT2D eigenvalue weighted by atomic mass is 9.79. The van der Waals surface area contributed by atoms with Crippen LogP contribution in [0.1, 0.15) is 27.7 Å². The van der Waals surface area contributed by atoms with E-state index in [1.54, 1.807) is 25.1 Å². The number of hydrogen-bond acceptors (Lipinski definition) is 5. The molecule has 0 spiro atoms. The van der Waals surface area contributed by atoms with Crippen LogP contribution in [-0.2, 0) is 19.0 Å². The Kier molecular flexibility index (Phi) is 6.86. The predicted octanol–water partition coefficient (Wildman–Crippen LogP) is 4.49. The smallest absolute Gasteiger partial charge is 0.463 e. The number of esters is 1. The third kappa shape index (κ3) is 5.69. The predicted molar refractivity (Wildman–Crippen MR) is 93.5 cm³/mol. The third-order valence-electron chi connectivity index (χ3n) is 4.89. The van der Waals surface area contributed by atoms with Crippen LogP contribution in [0.2, 0.25) is 0 Å². The van der Waals surface area contributed by atoms with Gasteiger partial charge in [-0.1, -0.05) is 39.0 Å². The van der Waals surface area contributed by atoms with Gasteiger partial charge in [-0.05, 0) is 24.0 Å². The van der Waals surface area contributed by atoms with Gasteiger partial charge in [-0.3, -0.25) is 4.79 Å². The van der Waals surface area contributed by atoms with Crippen LogP contribution < -0.4 is 0 Å². The maximum Gasteiger partial charge on any atom is 0.468 e. The van der Waals surface area contributed by atoms with Crippen molar-refractivity contribution < 1.29 is 32.2 Å². The summed E-state index contributed by atoms with van der Waals surface area (Å²) in [5.74, 6) is -2.17. The van der Waals surface area contributed by atoms with Crippen molar-refractivity contribution in [3.8, 4) is 0 Å². The van der Waals surface area contributed by atoms with Crippen molar-refractivity contribution in [2.24, 2.45) is 22.7 Å². The van der Waals surface area contributed by atoms with Crippen LogP contribution >= 0.6 is 0 Å². The second-order valence-corrected chi connectivity index (χ2v) is 6.79. The number of carbonyl (C=O) groups is 1. The van der Waals surface area contributed by atoms with Crippen LogP contribution in [0.3, 0.4) is 0 Å². The molecule has 1 saturated heterocycles. The van der Waals surface area contributed by atoms with E-state index in [9.17, 15) is 18.0 Å². The molecule has 150 valence electrons. The highest BCUT2D eigenvalue weighted by Crippen LogP contribution is 2.37. The minimum absolute atomic E-state index is 0.00415. The molecule has 2 rings (SSSR count). The van der Waals surface area contributed by atoms with Crippen molar-refractivity contribution >= 4 is 17.6 Å². The Balaban J connectivity index is 2.22. The van der Waals surface area contributed by atoms with Gasteiger partial charge in [0.05, 0.1) is 11.8 Å². The van der Waals surface area contributed by atoms with Crippen molar-refractivity contribution in [3.05, 3.63) is 30.3 Å². The van der Waals surface area contributed by atoms with Crippen LogP contribution in [0, 0.1) is 17.8 Å². The van der Waals surface area contributed by atoms with Crippen molar-refractivity contribution in [3.63, 3.8) is 0 Å².